The summed E-state index contributed by atoms with van der Waals surface area (Å²) in [5, 5.41) is 5.91. The van der Waals surface area contributed by atoms with Gasteiger partial charge < -0.3 is 20.3 Å². The number of benzene rings is 1. The lowest BCUT2D eigenvalue weighted by molar-refractivity contribution is -0.143. The molecule has 0 spiro atoms. The van der Waals surface area contributed by atoms with Crippen LogP contribution in [0.3, 0.4) is 0 Å². The zero-order chi connectivity index (χ0) is 29.1. The number of thioether (sulfide) groups is 1. The second-order valence-corrected chi connectivity index (χ2v) is 13.1. The van der Waals surface area contributed by atoms with Gasteiger partial charge in [-0.15, -0.1) is 0 Å². The van der Waals surface area contributed by atoms with Crippen molar-refractivity contribution < 1.29 is 19.1 Å². The van der Waals surface area contributed by atoms with Crippen LogP contribution in [0, 0.1) is 13.8 Å². The molecule has 0 aliphatic heterocycles. The minimum absolute atomic E-state index is 0.229. The molecular formula is C30H51N3O4S. The minimum atomic E-state index is -0.820. The Morgan fingerprint density at radius 2 is 1.58 bits per heavy atom. The van der Waals surface area contributed by atoms with E-state index < -0.39 is 29.3 Å². The van der Waals surface area contributed by atoms with Gasteiger partial charge in [0, 0.05) is 12.1 Å². The summed E-state index contributed by atoms with van der Waals surface area (Å²) in [5.41, 5.74) is 1.66. The van der Waals surface area contributed by atoms with E-state index in [0.717, 1.165) is 42.4 Å². The molecule has 0 saturated carbocycles. The molecule has 8 heteroatoms. The van der Waals surface area contributed by atoms with Crippen molar-refractivity contribution in [2.45, 2.75) is 118 Å². The predicted octanol–water partition coefficient (Wildman–Crippen LogP) is 6.31. The number of aryl methyl sites for hydroxylation is 2. The Balaban J connectivity index is 3.56. The molecule has 0 bridgehead atoms. The van der Waals surface area contributed by atoms with Crippen LogP contribution in [0.25, 0.3) is 0 Å². The monoisotopic (exact) mass is 549 g/mol. The number of carbonyl (C=O) groups is 3. The molecule has 2 atom stereocenters. The number of nitrogens with zero attached hydrogens (tertiary/aromatic N) is 1. The van der Waals surface area contributed by atoms with E-state index in [9.17, 15) is 14.4 Å². The van der Waals surface area contributed by atoms with E-state index in [0.29, 0.717) is 18.7 Å². The lowest BCUT2D eigenvalue weighted by Crippen LogP contribution is -2.55. The molecule has 0 fully saturated rings. The van der Waals surface area contributed by atoms with Crippen LogP contribution in [0.2, 0.25) is 0 Å². The summed E-state index contributed by atoms with van der Waals surface area (Å²) in [7, 11) is 0. The second kappa shape index (κ2) is 15.4. The van der Waals surface area contributed by atoms with E-state index in [1.165, 1.54) is 0 Å². The Morgan fingerprint density at radius 3 is 2.08 bits per heavy atom. The van der Waals surface area contributed by atoms with Crippen LogP contribution in [-0.2, 0) is 14.3 Å². The predicted molar refractivity (Wildman–Crippen MR) is 159 cm³/mol. The third-order valence-corrected chi connectivity index (χ3v) is 6.40. The summed E-state index contributed by atoms with van der Waals surface area (Å²) in [6.45, 7) is 17.7. The lowest BCUT2D eigenvalue weighted by atomic mass is 9.96. The Kier molecular flexibility index (Phi) is 13.7. The van der Waals surface area contributed by atoms with Crippen molar-refractivity contribution >= 4 is 29.7 Å². The molecule has 0 aromatic heterocycles. The van der Waals surface area contributed by atoms with Gasteiger partial charge in [0.15, 0.2) is 0 Å². The first kappa shape index (κ1) is 33.8. The summed E-state index contributed by atoms with van der Waals surface area (Å²) >= 11 is 1.60. The van der Waals surface area contributed by atoms with E-state index in [1.54, 1.807) is 37.4 Å². The zero-order valence-corrected chi connectivity index (χ0v) is 26.1. The molecule has 3 amide bonds. The molecule has 0 radical (unpaired) electrons. The van der Waals surface area contributed by atoms with Gasteiger partial charge in [-0.1, -0.05) is 55.5 Å². The van der Waals surface area contributed by atoms with Crippen LogP contribution in [0.4, 0.5) is 4.79 Å². The van der Waals surface area contributed by atoms with Crippen LogP contribution in [0.1, 0.15) is 103 Å². The SMILES string of the molecule is CCCCCCN(C(=O)C(CCSC)NC(=O)OC(C)(C)C)C(C(=O)NC(C)(C)C)c1cc(C)cc(C)c1. The first-order valence-electron chi connectivity index (χ1n) is 13.8. The van der Waals surface area contributed by atoms with Crippen molar-refractivity contribution in [2.75, 3.05) is 18.6 Å². The van der Waals surface area contributed by atoms with E-state index in [-0.39, 0.29) is 11.8 Å². The molecule has 0 aliphatic rings. The Bertz CT molecular complexity index is 901. The highest BCUT2D eigenvalue weighted by Gasteiger charge is 2.37. The number of carbonyl (C=O) groups excluding carboxylic acids is 3. The minimum Gasteiger partial charge on any atom is -0.444 e. The third kappa shape index (κ3) is 12.5. The summed E-state index contributed by atoms with van der Waals surface area (Å²) in [6, 6.07) is 4.38. The number of unbranched alkanes of at least 4 members (excludes halogenated alkanes) is 3. The average molecular weight is 550 g/mol. The van der Waals surface area contributed by atoms with Crippen LogP contribution >= 0.6 is 11.8 Å². The fraction of sp³-hybridized carbons (Fsp3) is 0.700. The van der Waals surface area contributed by atoms with Gasteiger partial charge in [-0.25, -0.2) is 4.79 Å². The molecule has 1 aromatic rings. The molecule has 0 aliphatic carbocycles. The molecule has 0 heterocycles. The van der Waals surface area contributed by atoms with Crippen molar-refractivity contribution in [3.05, 3.63) is 34.9 Å². The number of alkyl carbamates (subject to hydrolysis) is 1. The summed E-state index contributed by atoms with van der Waals surface area (Å²) in [4.78, 5) is 42.5. The molecule has 1 rings (SSSR count). The van der Waals surface area contributed by atoms with Gasteiger partial charge in [-0.2, -0.15) is 11.8 Å². The Labute approximate surface area is 235 Å². The fourth-order valence-corrected chi connectivity index (χ4v) is 4.77. The van der Waals surface area contributed by atoms with Gasteiger partial charge >= 0.3 is 6.09 Å². The first-order chi connectivity index (χ1) is 17.6. The van der Waals surface area contributed by atoms with Gasteiger partial charge in [0.05, 0.1) is 0 Å². The lowest BCUT2D eigenvalue weighted by Gasteiger charge is -2.36. The van der Waals surface area contributed by atoms with Crippen LogP contribution in [-0.4, -0.2) is 58.5 Å². The topological polar surface area (TPSA) is 87.7 Å². The third-order valence-electron chi connectivity index (χ3n) is 5.75. The van der Waals surface area contributed by atoms with Crippen LogP contribution < -0.4 is 10.6 Å². The second-order valence-electron chi connectivity index (χ2n) is 12.1. The van der Waals surface area contributed by atoms with Gasteiger partial charge in [-0.05, 0) is 85.8 Å². The van der Waals surface area contributed by atoms with Crippen LogP contribution in [0.5, 0.6) is 0 Å². The van der Waals surface area contributed by atoms with Crippen molar-refractivity contribution in [1.82, 2.24) is 15.5 Å². The molecular weight excluding hydrogens is 498 g/mol. The number of rotatable bonds is 13. The first-order valence-corrected chi connectivity index (χ1v) is 15.2. The van der Waals surface area contributed by atoms with E-state index in [1.807, 2.05) is 53.0 Å². The van der Waals surface area contributed by atoms with Gasteiger partial charge in [0.1, 0.15) is 17.7 Å². The van der Waals surface area contributed by atoms with E-state index in [4.69, 9.17) is 4.74 Å². The normalized spacial score (nSPS) is 13.4. The number of hydrogen-bond acceptors (Lipinski definition) is 5. The molecule has 2 unspecified atom stereocenters. The van der Waals surface area contributed by atoms with Crippen molar-refractivity contribution in [1.29, 1.82) is 0 Å². The molecule has 2 N–H and O–H groups in total. The highest BCUT2D eigenvalue weighted by molar-refractivity contribution is 7.98. The quantitative estimate of drug-likeness (QED) is 0.281. The number of nitrogens with one attached hydrogen (secondary N) is 2. The Hall–Kier alpha value is -2.22. The van der Waals surface area contributed by atoms with Gasteiger partial charge in [0.2, 0.25) is 11.8 Å². The van der Waals surface area contributed by atoms with Crippen molar-refractivity contribution in [2.24, 2.45) is 0 Å². The fourth-order valence-electron chi connectivity index (χ4n) is 4.30. The number of hydrogen-bond donors (Lipinski definition) is 2. The van der Waals surface area contributed by atoms with E-state index in [2.05, 4.69) is 23.6 Å². The molecule has 1 aromatic carbocycles. The Morgan fingerprint density at radius 1 is 0.974 bits per heavy atom. The van der Waals surface area contributed by atoms with Crippen molar-refractivity contribution in [3.8, 4) is 0 Å². The van der Waals surface area contributed by atoms with E-state index >= 15 is 0 Å². The van der Waals surface area contributed by atoms with Crippen LogP contribution in [0.15, 0.2) is 18.2 Å². The van der Waals surface area contributed by atoms with Gasteiger partial charge in [-0.3, -0.25) is 9.59 Å². The molecule has 7 nitrogen and oxygen atoms in total. The standard InChI is InChI=1S/C30H51N3O4S/c1-11-12-13-14-16-33(27(35)24(15-17-38-10)31-28(36)37-30(7,8)9)25(26(34)32-29(4,5)6)23-19-21(2)18-22(3)20-23/h18-20,24-25H,11-17H2,1-10H3,(H,31,36)(H,32,34). The van der Waals surface area contributed by atoms with Crippen molar-refractivity contribution in [3.63, 3.8) is 0 Å². The largest absolute Gasteiger partial charge is 0.444 e. The number of amides is 3. The summed E-state index contributed by atoms with van der Waals surface area (Å²) in [5.74, 6) is 0.181. The molecule has 38 heavy (non-hydrogen) atoms. The average Bonchev–Trinajstić information content (AvgIpc) is 2.75. The maximum absolute atomic E-state index is 14.2. The van der Waals surface area contributed by atoms with Gasteiger partial charge in [0.25, 0.3) is 0 Å². The summed E-state index contributed by atoms with van der Waals surface area (Å²) in [6.07, 6.45) is 5.61. The summed E-state index contributed by atoms with van der Waals surface area (Å²) < 4.78 is 5.47. The maximum atomic E-state index is 14.2. The number of ether oxygens (including phenoxy) is 1. The zero-order valence-electron chi connectivity index (χ0n) is 25.3. The highest BCUT2D eigenvalue weighted by atomic mass is 32.2. The molecule has 0 saturated heterocycles. The molecule has 216 valence electrons. The maximum Gasteiger partial charge on any atom is 0.408 e. The smallest absolute Gasteiger partial charge is 0.408 e. The highest BCUT2D eigenvalue weighted by Crippen LogP contribution is 2.27.